The number of nitrogens with one attached hydrogen (secondary N) is 2. The Morgan fingerprint density at radius 2 is 1.96 bits per heavy atom. The second-order valence-corrected chi connectivity index (χ2v) is 6.28. The van der Waals surface area contributed by atoms with E-state index in [1.54, 1.807) is 7.05 Å². The van der Waals surface area contributed by atoms with Crippen molar-refractivity contribution in [3.05, 3.63) is 60.3 Å². The quantitative estimate of drug-likeness (QED) is 0.487. The summed E-state index contributed by atoms with van der Waals surface area (Å²) in [5.74, 6) is 0.0798. The van der Waals surface area contributed by atoms with Crippen molar-refractivity contribution < 1.29 is 14.4 Å². The summed E-state index contributed by atoms with van der Waals surface area (Å²) < 4.78 is 5.42. The average Bonchev–Trinajstić information content (AvgIpc) is 3.35. The molecule has 0 fully saturated rings. The highest BCUT2D eigenvalue weighted by molar-refractivity contribution is 5.83. The van der Waals surface area contributed by atoms with Crippen LogP contribution >= 0.6 is 0 Å². The Morgan fingerprint density at radius 1 is 1.19 bits per heavy atom. The van der Waals surface area contributed by atoms with Crippen LogP contribution in [0.3, 0.4) is 0 Å². The molecule has 0 saturated carbocycles. The summed E-state index contributed by atoms with van der Waals surface area (Å²) in [5, 5.41) is 17.1. The van der Waals surface area contributed by atoms with Crippen LogP contribution in [-0.2, 0) is 11.2 Å². The lowest BCUT2D eigenvalue weighted by Crippen LogP contribution is -2.35. The number of aromatic nitrogens is 3. The maximum absolute atomic E-state index is 11.1. The number of nitrogens with zero attached hydrogens (tertiary/aromatic N) is 2. The lowest BCUT2D eigenvalue weighted by Gasteiger charge is -2.10. The Hall–Kier alpha value is -3.45. The van der Waals surface area contributed by atoms with Crippen LogP contribution in [0.4, 0.5) is 0 Å². The number of rotatable bonds is 6. The number of hydrogen-bond donors (Lipinski definition) is 3. The molecule has 2 aromatic carbocycles. The fourth-order valence-corrected chi connectivity index (χ4v) is 2.98. The van der Waals surface area contributed by atoms with Gasteiger partial charge in [-0.05, 0) is 43.3 Å². The van der Waals surface area contributed by atoms with E-state index in [0.717, 1.165) is 27.6 Å². The number of aliphatic carboxylic acids is 1. The smallest absolute Gasteiger partial charge is 0.321 e. The molecule has 4 rings (SSSR count). The molecule has 0 saturated heterocycles. The summed E-state index contributed by atoms with van der Waals surface area (Å²) in [7, 11) is 1.64. The van der Waals surface area contributed by atoms with E-state index in [1.165, 1.54) is 0 Å². The molecule has 27 heavy (non-hydrogen) atoms. The first-order valence-electron chi connectivity index (χ1n) is 8.54. The molecule has 0 spiro atoms. The molecule has 4 aromatic rings. The highest BCUT2D eigenvalue weighted by Gasteiger charge is 2.16. The lowest BCUT2D eigenvalue weighted by molar-refractivity contribution is -0.139. The number of hydrogen-bond acceptors (Lipinski definition) is 5. The normalized spacial score (nSPS) is 12.3. The highest BCUT2D eigenvalue weighted by atomic mass is 16.5. The monoisotopic (exact) mass is 362 g/mol. The molecular weight excluding hydrogens is 344 g/mol. The molecule has 3 N–H and O–H groups in total. The highest BCUT2D eigenvalue weighted by Crippen LogP contribution is 2.25. The molecule has 1 unspecified atom stereocenters. The largest absolute Gasteiger partial charge is 0.480 e. The second kappa shape index (κ2) is 7.05. The van der Waals surface area contributed by atoms with Crippen LogP contribution in [0.1, 0.15) is 5.56 Å². The van der Waals surface area contributed by atoms with Crippen LogP contribution in [0, 0.1) is 0 Å². The van der Waals surface area contributed by atoms with Crippen LogP contribution in [0.2, 0.25) is 0 Å². The van der Waals surface area contributed by atoms with Crippen molar-refractivity contribution in [2.24, 2.45) is 0 Å². The Balaban J connectivity index is 1.55. The van der Waals surface area contributed by atoms with Gasteiger partial charge in [-0.15, -0.1) is 0 Å². The fourth-order valence-electron chi connectivity index (χ4n) is 2.98. The number of carboxylic acids is 1. The number of H-pyrrole nitrogens is 1. The molecule has 136 valence electrons. The standard InChI is InChI=1S/C20H18N4O3/c1-21-17(20(25)26)10-12-2-4-13(5-3-12)18-23-19(27-24-18)15-6-7-16-14(11-15)8-9-22-16/h2-9,11,17,21-22H,10H2,1H3,(H,25,26). The van der Waals surface area contributed by atoms with Gasteiger partial charge in [0.05, 0.1) is 0 Å². The van der Waals surface area contributed by atoms with Gasteiger partial charge in [-0.1, -0.05) is 29.4 Å². The zero-order valence-electron chi connectivity index (χ0n) is 14.6. The van der Waals surface area contributed by atoms with Gasteiger partial charge in [-0.3, -0.25) is 4.79 Å². The molecule has 7 nitrogen and oxygen atoms in total. The van der Waals surface area contributed by atoms with Crippen LogP contribution in [0.25, 0.3) is 33.7 Å². The molecule has 1 atom stereocenters. The van der Waals surface area contributed by atoms with E-state index in [1.807, 2.05) is 54.7 Å². The van der Waals surface area contributed by atoms with E-state index in [9.17, 15) is 4.79 Å². The minimum Gasteiger partial charge on any atom is -0.480 e. The van der Waals surface area contributed by atoms with Gasteiger partial charge in [-0.2, -0.15) is 4.98 Å². The average molecular weight is 362 g/mol. The minimum absolute atomic E-state index is 0.403. The summed E-state index contributed by atoms with van der Waals surface area (Å²) in [5.41, 5.74) is 3.64. The van der Waals surface area contributed by atoms with Gasteiger partial charge in [0.15, 0.2) is 0 Å². The van der Waals surface area contributed by atoms with Gasteiger partial charge < -0.3 is 19.9 Å². The molecule has 2 aromatic heterocycles. The predicted octanol–water partition coefficient (Wildman–Crippen LogP) is 3.10. The molecule has 0 radical (unpaired) electrons. The third-order valence-corrected chi connectivity index (χ3v) is 4.52. The van der Waals surface area contributed by atoms with Crippen LogP contribution in [-0.4, -0.2) is 39.3 Å². The van der Waals surface area contributed by atoms with Crippen molar-refractivity contribution in [2.45, 2.75) is 12.5 Å². The van der Waals surface area contributed by atoms with Crippen LogP contribution in [0.15, 0.2) is 59.3 Å². The van der Waals surface area contributed by atoms with Gasteiger partial charge in [0, 0.05) is 28.2 Å². The zero-order valence-corrected chi connectivity index (χ0v) is 14.6. The van der Waals surface area contributed by atoms with Crippen molar-refractivity contribution in [3.63, 3.8) is 0 Å². The summed E-state index contributed by atoms with van der Waals surface area (Å²) in [6.07, 6.45) is 2.29. The molecule has 7 heteroatoms. The van der Waals surface area contributed by atoms with Crippen LogP contribution in [0.5, 0.6) is 0 Å². The minimum atomic E-state index is -0.872. The third-order valence-electron chi connectivity index (χ3n) is 4.52. The Morgan fingerprint density at radius 3 is 2.70 bits per heavy atom. The third kappa shape index (κ3) is 3.45. The van der Waals surface area contributed by atoms with Crippen LogP contribution < -0.4 is 5.32 Å². The Bertz CT molecular complexity index is 1080. The first kappa shape index (κ1) is 17.0. The number of likely N-dealkylation sites (N-methyl/N-ethyl adjacent to an activating group) is 1. The number of benzene rings is 2. The Labute approximate surface area is 155 Å². The predicted molar refractivity (Wildman–Crippen MR) is 101 cm³/mol. The number of fused-ring (bicyclic) bond motifs is 1. The van der Waals surface area contributed by atoms with E-state index in [4.69, 9.17) is 9.63 Å². The summed E-state index contributed by atoms with van der Waals surface area (Å²) >= 11 is 0. The van der Waals surface area contributed by atoms with E-state index in [2.05, 4.69) is 20.4 Å². The molecule has 2 heterocycles. The second-order valence-electron chi connectivity index (χ2n) is 6.28. The van der Waals surface area contributed by atoms with E-state index >= 15 is 0 Å². The summed E-state index contributed by atoms with van der Waals surface area (Å²) in [6.45, 7) is 0. The molecule has 0 aliphatic heterocycles. The first-order valence-corrected chi connectivity index (χ1v) is 8.54. The molecule has 0 aliphatic rings. The molecule has 0 bridgehead atoms. The number of carboxylic acid groups (broad SMARTS) is 1. The maximum Gasteiger partial charge on any atom is 0.321 e. The number of aromatic amines is 1. The molecule has 0 amide bonds. The topological polar surface area (TPSA) is 104 Å². The van der Waals surface area contributed by atoms with E-state index < -0.39 is 12.0 Å². The van der Waals surface area contributed by atoms with E-state index in [0.29, 0.717) is 18.1 Å². The van der Waals surface area contributed by atoms with Gasteiger partial charge >= 0.3 is 5.97 Å². The van der Waals surface area contributed by atoms with Gasteiger partial charge in [0.1, 0.15) is 6.04 Å². The van der Waals surface area contributed by atoms with Gasteiger partial charge in [0.2, 0.25) is 5.82 Å². The van der Waals surface area contributed by atoms with Crippen molar-refractivity contribution in [3.8, 4) is 22.8 Å². The summed E-state index contributed by atoms with van der Waals surface area (Å²) in [4.78, 5) is 18.8. The van der Waals surface area contributed by atoms with Crippen molar-refractivity contribution in [1.82, 2.24) is 20.4 Å². The van der Waals surface area contributed by atoms with Gasteiger partial charge in [-0.25, -0.2) is 0 Å². The fraction of sp³-hybridized carbons (Fsp3) is 0.150. The first-order chi connectivity index (χ1) is 13.1. The lowest BCUT2D eigenvalue weighted by atomic mass is 10.0. The van der Waals surface area contributed by atoms with Crippen molar-refractivity contribution in [1.29, 1.82) is 0 Å². The van der Waals surface area contributed by atoms with Gasteiger partial charge in [0.25, 0.3) is 5.89 Å². The van der Waals surface area contributed by atoms with Crippen molar-refractivity contribution >= 4 is 16.9 Å². The summed E-state index contributed by atoms with van der Waals surface area (Å²) in [6, 6.07) is 14.8. The SMILES string of the molecule is CNC(Cc1ccc(-c2noc(-c3ccc4[nH]ccc4c3)n2)cc1)C(=O)O. The Kier molecular flexibility index (Phi) is 4.43. The zero-order chi connectivity index (χ0) is 18.8. The molecule has 0 aliphatic carbocycles. The van der Waals surface area contributed by atoms with E-state index in [-0.39, 0.29) is 0 Å². The number of carbonyl (C=O) groups is 1. The maximum atomic E-state index is 11.1. The molecular formula is C20H18N4O3. The van der Waals surface area contributed by atoms with Crippen molar-refractivity contribution in [2.75, 3.05) is 7.05 Å².